The molecule has 1 rings (SSSR count). The molecule has 0 amide bonds. The van der Waals surface area contributed by atoms with E-state index in [1.807, 2.05) is 51.1 Å². The average Bonchev–Trinajstić information content (AvgIpc) is 2.71. The molecule has 178 valence electrons. The van der Waals surface area contributed by atoms with Crippen molar-refractivity contribution in [3.05, 3.63) is 35.9 Å². The number of hydrogen-bond acceptors (Lipinski definition) is 6. The van der Waals surface area contributed by atoms with E-state index in [1.165, 1.54) is 0 Å². The maximum Gasteiger partial charge on any atom is 0.500 e. The molecule has 8 nitrogen and oxygen atoms in total. The molecule has 1 unspecified atom stereocenters. The van der Waals surface area contributed by atoms with Crippen molar-refractivity contribution < 1.29 is 18.4 Å². The SMILES string of the molecule is CCO[Si](CCCNC(=S)NCC(C)(O)c1ccccc1)(OCC)OCC.NC(N)=S. The van der Waals surface area contributed by atoms with Crippen LogP contribution in [0.1, 0.15) is 39.7 Å². The summed E-state index contributed by atoms with van der Waals surface area (Å²) >= 11 is 9.41. The van der Waals surface area contributed by atoms with Crippen LogP contribution in [0.3, 0.4) is 0 Å². The van der Waals surface area contributed by atoms with Gasteiger partial charge in [-0.15, -0.1) is 0 Å². The fourth-order valence-corrected chi connectivity index (χ4v) is 5.51. The molecule has 0 aromatic heterocycles. The first-order valence-electron chi connectivity index (χ1n) is 10.4. The predicted octanol–water partition coefficient (Wildman–Crippen LogP) is 1.99. The molecule has 1 aromatic carbocycles. The number of thiocarbonyl (C=S) groups is 2. The van der Waals surface area contributed by atoms with Gasteiger partial charge in [0, 0.05) is 39.0 Å². The van der Waals surface area contributed by atoms with E-state index < -0.39 is 14.4 Å². The van der Waals surface area contributed by atoms with Crippen molar-refractivity contribution in [2.45, 2.75) is 45.8 Å². The number of nitrogens with two attached hydrogens (primary N) is 2. The predicted molar refractivity (Wildman–Crippen MR) is 136 cm³/mol. The van der Waals surface area contributed by atoms with Crippen LogP contribution in [0.15, 0.2) is 30.3 Å². The zero-order valence-electron chi connectivity index (χ0n) is 19.0. The fourth-order valence-electron chi connectivity index (χ4n) is 2.72. The molecule has 31 heavy (non-hydrogen) atoms. The van der Waals surface area contributed by atoms with Crippen LogP contribution in [0.4, 0.5) is 0 Å². The summed E-state index contributed by atoms with van der Waals surface area (Å²) < 4.78 is 17.5. The first kappa shape index (κ1) is 29.7. The summed E-state index contributed by atoms with van der Waals surface area (Å²) in [4.78, 5) is 0. The Kier molecular flexibility index (Phi) is 15.6. The zero-order chi connectivity index (χ0) is 23.8. The van der Waals surface area contributed by atoms with Gasteiger partial charge in [0.15, 0.2) is 10.2 Å². The van der Waals surface area contributed by atoms with E-state index >= 15 is 0 Å². The largest absolute Gasteiger partial charge is 0.500 e. The molecule has 0 aliphatic heterocycles. The van der Waals surface area contributed by atoms with Gasteiger partial charge in [0.2, 0.25) is 0 Å². The molecule has 0 aliphatic rings. The van der Waals surface area contributed by atoms with Gasteiger partial charge in [-0.25, -0.2) is 0 Å². The molecular weight excluding hydrogens is 452 g/mol. The Labute approximate surface area is 198 Å². The van der Waals surface area contributed by atoms with Gasteiger partial charge in [0.05, 0.1) is 0 Å². The van der Waals surface area contributed by atoms with Gasteiger partial charge in [0.25, 0.3) is 0 Å². The lowest BCUT2D eigenvalue weighted by Crippen LogP contribution is -2.47. The van der Waals surface area contributed by atoms with Crippen LogP contribution in [0.5, 0.6) is 0 Å². The lowest BCUT2D eigenvalue weighted by atomic mass is 9.96. The van der Waals surface area contributed by atoms with Gasteiger partial charge in [-0.3, -0.25) is 0 Å². The Morgan fingerprint density at radius 3 is 1.94 bits per heavy atom. The molecule has 0 fully saturated rings. The highest BCUT2D eigenvalue weighted by Crippen LogP contribution is 2.19. The van der Waals surface area contributed by atoms with Crippen LogP contribution < -0.4 is 22.1 Å². The van der Waals surface area contributed by atoms with Crippen molar-refractivity contribution in [2.75, 3.05) is 32.9 Å². The van der Waals surface area contributed by atoms with Gasteiger partial charge >= 0.3 is 8.80 Å². The monoisotopic (exact) mass is 490 g/mol. The Morgan fingerprint density at radius 2 is 1.48 bits per heavy atom. The van der Waals surface area contributed by atoms with E-state index in [4.69, 9.17) is 25.5 Å². The minimum atomic E-state index is -2.60. The molecule has 11 heteroatoms. The van der Waals surface area contributed by atoms with Crippen LogP contribution >= 0.6 is 24.4 Å². The van der Waals surface area contributed by atoms with Crippen molar-refractivity contribution in [3.8, 4) is 0 Å². The highest BCUT2D eigenvalue weighted by molar-refractivity contribution is 7.80. The van der Waals surface area contributed by atoms with Gasteiger partial charge in [-0.1, -0.05) is 30.3 Å². The van der Waals surface area contributed by atoms with Gasteiger partial charge < -0.3 is 40.5 Å². The highest BCUT2D eigenvalue weighted by Gasteiger charge is 2.39. The van der Waals surface area contributed by atoms with Crippen molar-refractivity contribution >= 4 is 43.5 Å². The van der Waals surface area contributed by atoms with Crippen LogP contribution in [0, 0.1) is 0 Å². The molecular formula is C20H38N4O4S2Si. The van der Waals surface area contributed by atoms with Crippen LogP contribution in [0.25, 0.3) is 0 Å². The number of nitrogens with one attached hydrogen (secondary N) is 2. The quantitative estimate of drug-likeness (QED) is 0.159. The molecule has 0 spiro atoms. The summed E-state index contributed by atoms with van der Waals surface area (Å²) in [6, 6.07) is 10.3. The minimum Gasteiger partial charge on any atom is -0.384 e. The summed E-state index contributed by atoms with van der Waals surface area (Å²) in [6.45, 7) is 10.4. The van der Waals surface area contributed by atoms with Gasteiger partial charge in [0.1, 0.15) is 5.60 Å². The van der Waals surface area contributed by atoms with Crippen molar-refractivity contribution in [2.24, 2.45) is 11.5 Å². The average molecular weight is 491 g/mol. The third-order valence-electron chi connectivity index (χ3n) is 4.03. The summed E-state index contributed by atoms with van der Waals surface area (Å²) in [5.41, 5.74) is 9.10. The lowest BCUT2D eigenvalue weighted by Gasteiger charge is -2.28. The molecule has 1 atom stereocenters. The Hall–Kier alpha value is -1.34. The Balaban J connectivity index is 0.00000206. The molecule has 0 radical (unpaired) electrons. The molecule has 0 saturated carbocycles. The molecule has 0 aliphatic carbocycles. The second-order valence-electron chi connectivity index (χ2n) is 6.74. The highest BCUT2D eigenvalue weighted by atomic mass is 32.1. The number of rotatable bonds is 13. The van der Waals surface area contributed by atoms with E-state index in [0.29, 0.717) is 38.0 Å². The van der Waals surface area contributed by atoms with Gasteiger partial charge in [-0.05, 0) is 64.1 Å². The van der Waals surface area contributed by atoms with E-state index in [2.05, 4.69) is 34.3 Å². The van der Waals surface area contributed by atoms with E-state index in [-0.39, 0.29) is 5.11 Å². The zero-order valence-corrected chi connectivity index (χ0v) is 21.6. The maximum absolute atomic E-state index is 10.6. The molecule has 0 heterocycles. The standard InChI is InChI=1S/C19H34N2O4SSi.CH4N2S/c1-5-23-27(24-6-2,25-7-3)15-11-14-20-18(26)21-16-19(4,22)17-12-9-8-10-13-17;2-1(3)4/h8-10,12-13,22H,5-7,11,14-16H2,1-4H3,(H2,20,21,26);(H4,2,3,4). The summed E-state index contributed by atoms with van der Waals surface area (Å²) in [7, 11) is -2.60. The third kappa shape index (κ3) is 13.6. The van der Waals surface area contributed by atoms with Crippen molar-refractivity contribution in [1.29, 1.82) is 0 Å². The number of aliphatic hydroxyl groups is 1. The van der Waals surface area contributed by atoms with Crippen LogP contribution in [-0.2, 0) is 18.9 Å². The maximum atomic E-state index is 10.6. The molecule has 7 N–H and O–H groups in total. The summed E-state index contributed by atoms with van der Waals surface area (Å²) in [5, 5.41) is 17.4. The molecule has 1 aromatic rings. The molecule has 0 bridgehead atoms. The third-order valence-corrected chi connectivity index (χ3v) is 7.47. The lowest BCUT2D eigenvalue weighted by molar-refractivity contribution is 0.0619. The first-order valence-corrected chi connectivity index (χ1v) is 13.1. The summed E-state index contributed by atoms with van der Waals surface area (Å²) in [5.74, 6) is 0. The normalized spacial score (nSPS) is 12.8. The molecule has 0 saturated heterocycles. The summed E-state index contributed by atoms with van der Waals surface area (Å²) in [6.07, 6.45) is 0.823. The van der Waals surface area contributed by atoms with Crippen LogP contribution in [0.2, 0.25) is 6.04 Å². The van der Waals surface area contributed by atoms with E-state index in [0.717, 1.165) is 18.0 Å². The second kappa shape index (κ2) is 16.3. The topological polar surface area (TPSA) is 124 Å². The number of hydrogen-bond donors (Lipinski definition) is 5. The Bertz CT molecular complexity index is 618. The second-order valence-corrected chi connectivity index (χ2v) is 10.3. The first-order chi connectivity index (χ1) is 14.6. The van der Waals surface area contributed by atoms with E-state index in [9.17, 15) is 5.11 Å². The smallest absolute Gasteiger partial charge is 0.384 e. The van der Waals surface area contributed by atoms with Crippen molar-refractivity contribution in [1.82, 2.24) is 10.6 Å². The number of benzene rings is 1. The minimum absolute atomic E-state index is 0.000000000000000222. The van der Waals surface area contributed by atoms with Gasteiger partial charge in [-0.2, -0.15) is 0 Å². The van der Waals surface area contributed by atoms with Crippen molar-refractivity contribution in [3.63, 3.8) is 0 Å². The Morgan fingerprint density at radius 1 is 1.00 bits per heavy atom. The van der Waals surface area contributed by atoms with E-state index in [1.54, 1.807) is 6.92 Å². The fraction of sp³-hybridized carbons (Fsp3) is 0.600. The van der Waals surface area contributed by atoms with Crippen LogP contribution in [-0.4, -0.2) is 57.0 Å².